The van der Waals surface area contributed by atoms with Crippen molar-refractivity contribution in [2.75, 3.05) is 0 Å². The first-order valence-corrected chi connectivity index (χ1v) is 6.46. The quantitative estimate of drug-likeness (QED) is 0.784. The first-order valence-electron chi connectivity index (χ1n) is 6.46. The van der Waals surface area contributed by atoms with Gasteiger partial charge >= 0.3 is 0 Å². The monoisotopic (exact) mass is 248 g/mol. The molecule has 1 atom stereocenters. The minimum Gasteiger partial charge on any atom is -0.489 e. The SMILES string of the molecule is CC(C)Oc1cncc(C(=O)CC(N)C2CC2)c1. The number of hydrogen-bond donors (Lipinski definition) is 1. The summed E-state index contributed by atoms with van der Waals surface area (Å²) in [4.78, 5) is 16.1. The lowest BCUT2D eigenvalue weighted by atomic mass is 10.0. The molecule has 1 fully saturated rings. The van der Waals surface area contributed by atoms with E-state index in [-0.39, 0.29) is 17.9 Å². The van der Waals surface area contributed by atoms with Gasteiger partial charge in [0.15, 0.2) is 5.78 Å². The summed E-state index contributed by atoms with van der Waals surface area (Å²) in [5.74, 6) is 1.23. The first-order chi connectivity index (χ1) is 8.56. The summed E-state index contributed by atoms with van der Waals surface area (Å²) in [5, 5.41) is 0. The third-order valence-electron chi connectivity index (χ3n) is 3.06. The topological polar surface area (TPSA) is 65.2 Å². The number of carbonyl (C=O) groups excluding carboxylic acids is 1. The van der Waals surface area contributed by atoms with Crippen LogP contribution in [-0.4, -0.2) is 22.9 Å². The number of rotatable bonds is 6. The largest absolute Gasteiger partial charge is 0.489 e. The second-order valence-corrected chi connectivity index (χ2v) is 5.20. The second kappa shape index (κ2) is 5.48. The number of Topliss-reactive ketones (excluding diaryl/α,β-unsaturated/α-hetero) is 1. The van der Waals surface area contributed by atoms with Crippen LogP contribution in [0.4, 0.5) is 0 Å². The molecule has 0 saturated heterocycles. The highest BCUT2D eigenvalue weighted by Crippen LogP contribution is 2.33. The lowest BCUT2D eigenvalue weighted by Crippen LogP contribution is -2.26. The van der Waals surface area contributed by atoms with Gasteiger partial charge in [0.05, 0.1) is 12.3 Å². The highest BCUT2D eigenvalue weighted by atomic mass is 16.5. The predicted molar refractivity (Wildman–Crippen MR) is 69.6 cm³/mol. The summed E-state index contributed by atoms with van der Waals surface area (Å²) in [5.41, 5.74) is 6.55. The predicted octanol–water partition coefficient (Wildman–Crippen LogP) is 2.18. The van der Waals surface area contributed by atoms with E-state index in [2.05, 4.69) is 4.98 Å². The van der Waals surface area contributed by atoms with E-state index in [1.165, 1.54) is 0 Å². The summed E-state index contributed by atoms with van der Waals surface area (Å²) in [6.07, 6.45) is 5.99. The van der Waals surface area contributed by atoms with Gasteiger partial charge in [-0.15, -0.1) is 0 Å². The number of ether oxygens (including phenoxy) is 1. The molecular formula is C14H20N2O2. The van der Waals surface area contributed by atoms with Crippen molar-refractivity contribution in [1.29, 1.82) is 0 Å². The maximum Gasteiger partial charge on any atom is 0.166 e. The molecule has 0 spiro atoms. The summed E-state index contributed by atoms with van der Waals surface area (Å²) >= 11 is 0. The van der Waals surface area contributed by atoms with Gasteiger partial charge in [0.1, 0.15) is 5.75 Å². The minimum atomic E-state index is -0.00725. The van der Waals surface area contributed by atoms with E-state index in [1.54, 1.807) is 18.5 Å². The lowest BCUT2D eigenvalue weighted by Gasteiger charge is -2.11. The molecule has 1 aromatic rings. The molecule has 1 aromatic heterocycles. The van der Waals surface area contributed by atoms with Crippen molar-refractivity contribution >= 4 is 5.78 Å². The van der Waals surface area contributed by atoms with Crippen LogP contribution in [0.25, 0.3) is 0 Å². The third-order valence-corrected chi connectivity index (χ3v) is 3.06. The normalized spacial score (nSPS) is 16.7. The molecule has 1 heterocycles. The summed E-state index contributed by atoms with van der Waals surface area (Å²) in [6.45, 7) is 3.88. The van der Waals surface area contributed by atoms with Crippen LogP contribution in [0.1, 0.15) is 43.5 Å². The average molecular weight is 248 g/mol. The van der Waals surface area contributed by atoms with Gasteiger partial charge in [-0.25, -0.2) is 0 Å². The van der Waals surface area contributed by atoms with Crippen LogP contribution in [-0.2, 0) is 0 Å². The van der Waals surface area contributed by atoms with E-state index < -0.39 is 0 Å². The highest BCUT2D eigenvalue weighted by Gasteiger charge is 2.30. The van der Waals surface area contributed by atoms with Gasteiger partial charge in [-0.1, -0.05) is 0 Å². The zero-order valence-electron chi connectivity index (χ0n) is 10.9. The molecule has 0 aliphatic heterocycles. The smallest absolute Gasteiger partial charge is 0.166 e. The van der Waals surface area contributed by atoms with Gasteiger partial charge in [-0.3, -0.25) is 9.78 Å². The van der Waals surface area contributed by atoms with Crippen molar-refractivity contribution < 1.29 is 9.53 Å². The first kappa shape index (κ1) is 13.0. The maximum atomic E-state index is 12.0. The van der Waals surface area contributed by atoms with Crippen molar-refractivity contribution in [1.82, 2.24) is 4.98 Å². The van der Waals surface area contributed by atoms with Crippen LogP contribution in [0.3, 0.4) is 0 Å². The Morgan fingerprint density at radius 3 is 2.83 bits per heavy atom. The second-order valence-electron chi connectivity index (χ2n) is 5.20. The molecule has 18 heavy (non-hydrogen) atoms. The average Bonchev–Trinajstić information content (AvgIpc) is 3.12. The van der Waals surface area contributed by atoms with Gasteiger partial charge in [0.2, 0.25) is 0 Å². The molecule has 0 radical (unpaired) electrons. The summed E-state index contributed by atoms with van der Waals surface area (Å²) in [6, 6.07) is 1.74. The van der Waals surface area contributed by atoms with E-state index in [9.17, 15) is 4.79 Å². The molecule has 1 aliphatic carbocycles. The summed E-state index contributed by atoms with van der Waals surface area (Å²) < 4.78 is 5.52. The summed E-state index contributed by atoms with van der Waals surface area (Å²) in [7, 11) is 0. The van der Waals surface area contributed by atoms with Crippen LogP contribution in [0.5, 0.6) is 5.75 Å². The van der Waals surface area contributed by atoms with Crippen LogP contribution in [0, 0.1) is 5.92 Å². The van der Waals surface area contributed by atoms with Crippen LogP contribution >= 0.6 is 0 Å². The molecular weight excluding hydrogens is 228 g/mol. The van der Waals surface area contributed by atoms with Crippen molar-refractivity contribution in [2.24, 2.45) is 11.7 Å². The number of nitrogens with two attached hydrogens (primary N) is 1. The van der Waals surface area contributed by atoms with Gasteiger partial charge in [-0.05, 0) is 38.7 Å². The highest BCUT2D eigenvalue weighted by molar-refractivity contribution is 5.96. The molecule has 98 valence electrons. The molecule has 4 heteroatoms. The Morgan fingerprint density at radius 1 is 1.50 bits per heavy atom. The fourth-order valence-corrected chi connectivity index (χ4v) is 1.93. The van der Waals surface area contributed by atoms with E-state index in [1.807, 2.05) is 13.8 Å². The van der Waals surface area contributed by atoms with E-state index in [0.29, 0.717) is 23.7 Å². The molecule has 1 saturated carbocycles. The number of aromatic nitrogens is 1. The van der Waals surface area contributed by atoms with Gasteiger partial charge in [0, 0.05) is 24.2 Å². The van der Waals surface area contributed by atoms with Gasteiger partial charge < -0.3 is 10.5 Å². The lowest BCUT2D eigenvalue weighted by molar-refractivity contribution is 0.0970. The molecule has 4 nitrogen and oxygen atoms in total. The van der Waals surface area contributed by atoms with Gasteiger partial charge in [-0.2, -0.15) is 0 Å². The molecule has 1 unspecified atom stereocenters. The molecule has 2 N–H and O–H groups in total. The Morgan fingerprint density at radius 2 is 2.22 bits per heavy atom. The molecule has 0 aromatic carbocycles. The number of pyridine rings is 1. The minimum absolute atomic E-state index is 0.00725. The van der Waals surface area contributed by atoms with Gasteiger partial charge in [0.25, 0.3) is 0 Å². The van der Waals surface area contributed by atoms with E-state index >= 15 is 0 Å². The molecule has 1 aliphatic rings. The molecule has 0 amide bonds. The Bertz CT molecular complexity index is 428. The number of carbonyl (C=O) groups is 1. The number of ketones is 1. The zero-order chi connectivity index (χ0) is 13.1. The van der Waals surface area contributed by atoms with Crippen molar-refractivity contribution in [2.45, 2.75) is 45.3 Å². The third kappa shape index (κ3) is 3.53. The van der Waals surface area contributed by atoms with Crippen LogP contribution < -0.4 is 10.5 Å². The Kier molecular flexibility index (Phi) is 3.97. The van der Waals surface area contributed by atoms with Crippen molar-refractivity contribution in [3.05, 3.63) is 24.0 Å². The van der Waals surface area contributed by atoms with E-state index in [4.69, 9.17) is 10.5 Å². The molecule has 2 rings (SSSR count). The van der Waals surface area contributed by atoms with Crippen molar-refractivity contribution in [3.63, 3.8) is 0 Å². The Balaban J connectivity index is 2.00. The van der Waals surface area contributed by atoms with Crippen LogP contribution in [0.2, 0.25) is 0 Å². The fourth-order valence-electron chi connectivity index (χ4n) is 1.93. The van der Waals surface area contributed by atoms with Crippen LogP contribution in [0.15, 0.2) is 18.5 Å². The number of hydrogen-bond acceptors (Lipinski definition) is 4. The van der Waals surface area contributed by atoms with Crippen molar-refractivity contribution in [3.8, 4) is 5.75 Å². The molecule has 0 bridgehead atoms. The fraction of sp³-hybridized carbons (Fsp3) is 0.571. The zero-order valence-corrected chi connectivity index (χ0v) is 10.9. The van der Waals surface area contributed by atoms with E-state index in [0.717, 1.165) is 12.8 Å². The standard InChI is InChI=1S/C14H20N2O2/c1-9(2)18-12-5-11(7-16-8-12)14(17)6-13(15)10-3-4-10/h5,7-10,13H,3-4,6,15H2,1-2H3. The Labute approximate surface area is 108 Å². The number of nitrogens with zero attached hydrogens (tertiary/aromatic N) is 1. The maximum absolute atomic E-state index is 12.0. The Hall–Kier alpha value is -1.42.